The number of aliphatic hydroxyl groups excluding tert-OH is 1. The number of furan rings is 1. The molecule has 1 N–H and O–H groups in total. The Hall–Kier alpha value is -2.09. The van der Waals surface area contributed by atoms with E-state index in [0.717, 1.165) is 22.3 Å². The molecular weight excluding hydrogens is 326 g/mol. The quantitative estimate of drug-likeness (QED) is 0.633. The van der Waals surface area contributed by atoms with Crippen LogP contribution in [0.15, 0.2) is 58.3 Å². The highest BCUT2D eigenvalue weighted by atomic mass is 32.2. The van der Waals surface area contributed by atoms with Crippen LogP contribution in [0.2, 0.25) is 0 Å². The van der Waals surface area contributed by atoms with Crippen molar-refractivity contribution in [2.45, 2.75) is 17.9 Å². The van der Waals surface area contributed by atoms with Gasteiger partial charge >= 0.3 is 0 Å². The molecule has 24 heavy (non-hydrogen) atoms. The molecule has 3 aromatic rings. The fraction of sp³-hybridized carbons (Fsp3) is 0.294. The van der Waals surface area contributed by atoms with E-state index >= 15 is 0 Å². The number of aliphatic hydroxyl groups is 1. The first-order valence-corrected chi connectivity index (χ1v) is 8.58. The van der Waals surface area contributed by atoms with Crippen LogP contribution in [0.5, 0.6) is 0 Å². The Morgan fingerprint density at radius 3 is 2.79 bits per heavy atom. The predicted octanol–water partition coefficient (Wildman–Crippen LogP) is 2.74. The lowest BCUT2D eigenvalue weighted by Crippen LogP contribution is -2.18. The van der Waals surface area contributed by atoms with Gasteiger partial charge in [0.1, 0.15) is 12.4 Å². The second-order valence-electron chi connectivity index (χ2n) is 5.29. The van der Waals surface area contributed by atoms with Gasteiger partial charge in [-0.15, -0.1) is 10.2 Å². The average Bonchev–Trinajstić information content (AvgIpc) is 3.24. The van der Waals surface area contributed by atoms with Crippen LogP contribution in [0.1, 0.15) is 5.76 Å². The molecule has 0 radical (unpaired) electrons. The van der Waals surface area contributed by atoms with Crippen molar-refractivity contribution in [1.29, 1.82) is 0 Å². The third kappa shape index (κ3) is 4.25. The summed E-state index contributed by atoms with van der Waals surface area (Å²) in [6.07, 6.45) is 1.02. The number of rotatable bonds is 8. The lowest BCUT2D eigenvalue weighted by Gasteiger charge is -2.10. The minimum Gasteiger partial charge on any atom is -0.467 e. The SMILES string of the molecule is Cn1c(SCC(O)COCc2ccco2)nnc1-c1ccccc1. The highest BCUT2D eigenvalue weighted by Gasteiger charge is 2.13. The summed E-state index contributed by atoms with van der Waals surface area (Å²) in [7, 11) is 1.92. The van der Waals surface area contributed by atoms with Crippen LogP contribution in [0.4, 0.5) is 0 Å². The lowest BCUT2D eigenvalue weighted by atomic mass is 10.2. The fourth-order valence-electron chi connectivity index (χ4n) is 2.19. The van der Waals surface area contributed by atoms with Crippen molar-refractivity contribution in [2.24, 2.45) is 7.05 Å². The maximum atomic E-state index is 10.0. The molecule has 7 heteroatoms. The Morgan fingerprint density at radius 2 is 2.04 bits per heavy atom. The largest absolute Gasteiger partial charge is 0.467 e. The fourth-order valence-corrected chi connectivity index (χ4v) is 3.00. The van der Waals surface area contributed by atoms with E-state index in [1.165, 1.54) is 11.8 Å². The van der Waals surface area contributed by atoms with E-state index in [1.54, 1.807) is 6.26 Å². The summed E-state index contributed by atoms with van der Waals surface area (Å²) >= 11 is 1.45. The summed E-state index contributed by atoms with van der Waals surface area (Å²) in [6.45, 7) is 0.605. The monoisotopic (exact) mass is 345 g/mol. The van der Waals surface area contributed by atoms with E-state index in [0.29, 0.717) is 12.4 Å². The average molecular weight is 345 g/mol. The maximum absolute atomic E-state index is 10.0. The topological polar surface area (TPSA) is 73.3 Å². The van der Waals surface area contributed by atoms with Crippen LogP contribution < -0.4 is 0 Å². The van der Waals surface area contributed by atoms with E-state index in [1.807, 2.05) is 54.1 Å². The summed E-state index contributed by atoms with van der Waals surface area (Å²) in [4.78, 5) is 0. The van der Waals surface area contributed by atoms with Crippen molar-refractivity contribution in [1.82, 2.24) is 14.8 Å². The molecule has 0 aliphatic heterocycles. The van der Waals surface area contributed by atoms with E-state index < -0.39 is 6.10 Å². The molecule has 0 fully saturated rings. The third-order valence-corrected chi connectivity index (χ3v) is 4.57. The first kappa shape index (κ1) is 16.8. The Labute approximate surface area is 144 Å². The molecule has 0 aliphatic rings. The number of nitrogens with zero attached hydrogens (tertiary/aromatic N) is 3. The molecule has 1 unspecified atom stereocenters. The van der Waals surface area contributed by atoms with E-state index in [2.05, 4.69) is 10.2 Å². The van der Waals surface area contributed by atoms with Gasteiger partial charge in [0.05, 0.1) is 19.0 Å². The molecule has 1 aromatic carbocycles. The molecule has 3 rings (SSSR count). The zero-order valence-electron chi connectivity index (χ0n) is 13.3. The minimum atomic E-state index is -0.582. The van der Waals surface area contributed by atoms with Crippen LogP contribution in [0.25, 0.3) is 11.4 Å². The van der Waals surface area contributed by atoms with Crippen molar-refractivity contribution >= 4 is 11.8 Å². The molecule has 0 amide bonds. The van der Waals surface area contributed by atoms with Crippen LogP contribution in [-0.4, -0.2) is 38.3 Å². The summed E-state index contributed by atoms with van der Waals surface area (Å²) in [6, 6.07) is 13.5. The normalized spacial score (nSPS) is 12.4. The van der Waals surface area contributed by atoms with Crippen molar-refractivity contribution in [2.75, 3.05) is 12.4 Å². The van der Waals surface area contributed by atoms with Crippen molar-refractivity contribution in [3.8, 4) is 11.4 Å². The van der Waals surface area contributed by atoms with Gasteiger partial charge in [0, 0.05) is 18.4 Å². The molecule has 2 aromatic heterocycles. The Morgan fingerprint density at radius 1 is 1.21 bits per heavy atom. The highest BCUT2D eigenvalue weighted by molar-refractivity contribution is 7.99. The molecule has 0 bridgehead atoms. The van der Waals surface area contributed by atoms with Crippen molar-refractivity contribution in [3.63, 3.8) is 0 Å². The number of benzene rings is 1. The van der Waals surface area contributed by atoms with E-state index in [9.17, 15) is 5.11 Å². The molecular formula is C17H19N3O3S. The van der Waals surface area contributed by atoms with Crippen LogP contribution in [0.3, 0.4) is 0 Å². The van der Waals surface area contributed by atoms with Gasteiger partial charge in [-0.05, 0) is 12.1 Å². The second kappa shape index (κ2) is 8.14. The molecule has 0 saturated carbocycles. The second-order valence-corrected chi connectivity index (χ2v) is 6.28. The number of ether oxygens (including phenoxy) is 1. The summed E-state index contributed by atoms with van der Waals surface area (Å²) in [5.74, 6) is 2.04. The molecule has 0 aliphatic carbocycles. The summed E-state index contributed by atoms with van der Waals surface area (Å²) < 4.78 is 12.5. The van der Waals surface area contributed by atoms with Gasteiger partial charge in [-0.1, -0.05) is 42.1 Å². The zero-order chi connectivity index (χ0) is 16.8. The third-order valence-electron chi connectivity index (χ3n) is 3.41. The van der Waals surface area contributed by atoms with Crippen LogP contribution in [0, 0.1) is 0 Å². The molecule has 6 nitrogen and oxygen atoms in total. The molecule has 126 valence electrons. The molecule has 0 spiro atoms. The van der Waals surface area contributed by atoms with Crippen molar-refractivity contribution < 1.29 is 14.3 Å². The number of thioether (sulfide) groups is 1. The predicted molar refractivity (Wildman–Crippen MR) is 91.5 cm³/mol. The Kier molecular flexibility index (Phi) is 5.68. The number of aromatic nitrogens is 3. The van der Waals surface area contributed by atoms with E-state index in [-0.39, 0.29) is 6.61 Å². The molecule has 0 saturated heterocycles. The lowest BCUT2D eigenvalue weighted by molar-refractivity contribution is 0.0328. The van der Waals surface area contributed by atoms with Crippen LogP contribution >= 0.6 is 11.8 Å². The Balaban J connectivity index is 1.49. The Bertz CT molecular complexity index is 744. The van der Waals surface area contributed by atoms with Crippen molar-refractivity contribution in [3.05, 3.63) is 54.5 Å². The van der Waals surface area contributed by atoms with Gasteiger partial charge in [-0.2, -0.15) is 0 Å². The van der Waals surface area contributed by atoms with Gasteiger partial charge in [0.15, 0.2) is 11.0 Å². The molecule has 2 heterocycles. The van der Waals surface area contributed by atoms with Gasteiger partial charge < -0.3 is 18.8 Å². The highest BCUT2D eigenvalue weighted by Crippen LogP contribution is 2.22. The van der Waals surface area contributed by atoms with Gasteiger partial charge in [-0.3, -0.25) is 0 Å². The first-order valence-electron chi connectivity index (χ1n) is 7.60. The van der Waals surface area contributed by atoms with Gasteiger partial charge in [0.25, 0.3) is 0 Å². The summed E-state index contributed by atoms with van der Waals surface area (Å²) in [5.41, 5.74) is 1.02. The smallest absolute Gasteiger partial charge is 0.191 e. The first-order chi connectivity index (χ1) is 11.7. The summed E-state index contributed by atoms with van der Waals surface area (Å²) in [5, 5.41) is 19.2. The minimum absolute atomic E-state index is 0.247. The number of hydrogen-bond acceptors (Lipinski definition) is 6. The van der Waals surface area contributed by atoms with Gasteiger partial charge in [0.2, 0.25) is 0 Å². The van der Waals surface area contributed by atoms with E-state index in [4.69, 9.17) is 9.15 Å². The zero-order valence-corrected chi connectivity index (χ0v) is 14.1. The molecule has 1 atom stereocenters. The standard InChI is InChI=1S/C17H19N3O3S/c1-20-16(13-6-3-2-4-7-13)18-19-17(20)24-12-14(21)10-22-11-15-8-5-9-23-15/h2-9,14,21H,10-12H2,1H3. The van der Waals surface area contributed by atoms with Gasteiger partial charge in [-0.25, -0.2) is 0 Å². The number of hydrogen-bond donors (Lipinski definition) is 1. The maximum Gasteiger partial charge on any atom is 0.191 e. The van der Waals surface area contributed by atoms with Crippen LogP contribution in [-0.2, 0) is 18.4 Å².